The van der Waals surface area contributed by atoms with Gasteiger partial charge in [0.2, 0.25) is 17.7 Å². The topological polar surface area (TPSA) is 170 Å². The van der Waals surface area contributed by atoms with E-state index in [-0.39, 0.29) is 30.2 Å². The number of carbonyl (C=O) groups is 3. The largest absolute Gasteiger partial charge is 0.390 e. The maximum absolute atomic E-state index is 13.0. The number of aromatic nitrogens is 1. The van der Waals surface area contributed by atoms with Crippen molar-refractivity contribution in [3.05, 3.63) is 47.7 Å². The molecule has 1 aromatic heterocycles. The van der Waals surface area contributed by atoms with Crippen molar-refractivity contribution in [2.75, 3.05) is 7.05 Å². The zero-order valence-electron chi connectivity index (χ0n) is 19.5. The summed E-state index contributed by atoms with van der Waals surface area (Å²) in [5, 5.41) is 29.9. The van der Waals surface area contributed by atoms with Gasteiger partial charge in [-0.25, -0.2) is 0 Å². The van der Waals surface area contributed by atoms with Crippen LogP contribution in [0.25, 0.3) is 10.9 Å². The smallest absolute Gasteiger partial charge is 0.247 e. The first-order chi connectivity index (χ1) is 16.1. The van der Waals surface area contributed by atoms with Crippen LogP contribution in [0.4, 0.5) is 0 Å². The summed E-state index contributed by atoms with van der Waals surface area (Å²) in [4.78, 5) is 40.8. The Morgan fingerprint density at radius 2 is 1.91 bits per heavy atom. The van der Waals surface area contributed by atoms with Crippen molar-refractivity contribution in [1.29, 1.82) is 0 Å². The van der Waals surface area contributed by atoms with Crippen molar-refractivity contribution in [3.63, 3.8) is 0 Å². The fourth-order valence-electron chi connectivity index (χ4n) is 4.28. The summed E-state index contributed by atoms with van der Waals surface area (Å²) in [5.74, 6) is -1.67. The quantitative estimate of drug-likeness (QED) is 0.259. The number of likely N-dealkylation sites (N-methyl/N-ethyl adjacent to an activating group) is 1. The standard InChI is InChI=1S/C24H33N5O5/c1-12(2)20(26-3)24(34)28-17-8-13(10-19(30)21(17)31)23(33)29-18(22(25)32)9-14-11-27-16-7-5-4-6-15(14)16/h4-8,11-12,17-21,26-27,30-31H,9-10H2,1-3H3,(H2,25,32)(H,28,34)(H,29,33). The minimum Gasteiger partial charge on any atom is -0.390 e. The van der Waals surface area contributed by atoms with Crippen LogP contribution in [0.15, 0.2) is 42.1 Å². The van der Waals surface area contributed by atoms with Gasteiger partial charge in [0.25, 0.3) is 0 Å². The third kappa shape index (κ3) is 5.64. The van der Waals surface area contributed by atoms with Crippen LogP contribution in [0.5, 0.6) is 0 Å². The molecule has 1 aliphatic carbocycles. The van der Waals surface area contributed by atoms with Gasteiger partial charge in [-0.05, 0) is 24.6 Å². The number of H-pyrrole nitrogens is 1. The molecule has 0 saturated carbocycles. The number of nitrogens with two attached hydrogens (primary N) is 1. The number of carbonyl (C=O) groups excluding carboxylic acids is 3. The van der Waals surface area contributed by atoms with Gasteiger partial charge in [0.1, 0.15) is 12.1 Å². The first-order valence-electron chi connectivity index (χ1n) is 11.3. The SMILES string of the molecule is CNC(C(=O)NC1C=C(C(=O)NC(Cc2c[nH]c3ccccc23)C(N)=O)CC(O)C1O)C(C)C. The van der Waals surface area contributed by atoms with E-state index < -0.39 is 42.1 Å². The lowest BCUT2D eigenvalue weighted by molar-refractivity contribution is -0.127. The number of benzene rings is 1. The summed E-state index contributed by atoms with van der Waals surface area (Å²) in [6, 6.07) is 5.12. The molecule has 8 N–H and O–H groups in total. The van der Waals surface area contributed by atoms with Crippen molar-refractivity contribution < 1.29 is 24.6 Å². The van der Waals surface area contributed by atoms with E-state index in [4.69, 9.17) is 5.73 Å². The fourth-order valence-corrected chi connectivity index (χ4v) is 4.28. The van der Waals surface area contributed by atoms with Crippen molar-refractivity contribution in [2.24, 2.45) is 11.7 Å². The Labute approximate surface area is 198 Å². The highest BCUT2D eigenvalue weighted by Gasteiger charge is 2.35. The van der Waals surface area contributed by atoms with Crippen molar-refractivity contribution >= 4 is 28.6 Å². The molecule has 10 heteroatoms. The molecule has 5 atom stereocenters. The molecule has 10 nitrogen and oxygen atoms in total. The lowest BCUT2D eigenvalue weighted by Crippen LogP contribution is -2.56. The number of fused-ring (bicyclic) bond motifs is 1. The maximum atomic E-state index is 13.0. The van der Waals surface area contributed by atoms with Crippen molar-refractivity contribution in [3.8, 4) is 0 Å². The van der Waals surface area contributed by atoms with Gasteiger partial charge in [-0.2, -0.15) is 0 Å². The Hall–Kier alpha value is -3.21. The van der Waals surface area contributed by atoms with Gasteiger partial charge < -0.3 is 36.9 Å². The summed E-state index contributed by atoms with van der Waals surface area (Å²) in [7, 11) is 1.66. The minimum atomic E-state index is -1.27. The highest BCUT2D eigenvalue weighted by molar-refractivity contribution is 5.97. The van der Waals surface area contributed by atoms with Crippen molar-refractivity contribution in [2.45, 2.75) is 57.0 Å². The monoisotopic (exact) mass is 471 g/mol. The molecule has 184 valence electrons. The van der Waals surface area contributed by atoms with Gasteiger partial charge in [-0.1, -0.05) is 38.1 Å². The van der Waals surface area contributed by atoms with Gasteiger partial charge >= 0.3 is 0 Å². The van der Waals surface area contributed by atoms with Gasteiger partial charge in [0.05, 0.1) is 18.2 Å². The highest BCUT2D eigenvalue weighted by atomic mass is 16.3. The van der Waals surface area contributed by atoms with Gasteiger partial charge in [-0.15, -0.1) is 0 Å². The zero-order valence-corrected chi connectivity index (χ0v) is 19.5. The third-order valence-corrected chi connectivity index (χ3v) is 6.18. The van der Waals surface area contributed by atoms with Crippen LogP contribution >= 0.6 is 0 Å². The lowest BCUT2D eigenvalue weighted by Gasteiger charge is -2.32. The van der Waals surface area contributed by atoms with Crippen LogP contribution in [0.2, 0.25) is 0 Å². The molecule has 0 spiro atoms. The first kappa shape index (κ1) is 25.4. The molecule has 1 aromatic carbocycles. The number of aromatic amines is 1. The van der Waals surface area contributed by atoms with Crippen LogP contribution in [-0.4, -0.2) is 70.3 Å². The lowest BCUT2D eigenvalue weighted by atomic mass is 9.89. The molecular formula is C24H33N5O5. The molecule has 34 heavy (non-hydrogen) atoms. The van der Waals surface area contributed by atoms with E-state index in [0.717, 1.165) is 16.5 Å². The fraction of sp³-hybridized carbons (Fsp3) is 0.458. The van der Waals surface area contributed by atoms with Crippen LogP contribution in [0.3, 0.4) is 0 Å². The Kier molecular flexibility index (Phi) is 8.08. The predicted molar refractivity (Wildman–Crippen MR) is 127 cm³/mol. The van der Waals surface area contributed by atoms with Crippen LogP contribution in [0.1, 0.15) is 25.8 Å². The Morgan fingerprint density at radius 1 is 1.21 bits per heavy atom. The molecule has 3 rings (SSSR count). The van der Waals surface area contributed by atoms with E-state index >= 15 is 0 Å². The molecule has 1 heterocycles. The van der Waals surface area contributed by atoms with Gasteiger partial charge in [0, 0.05) is 35.5 Å². The number of para-hydroxylation sites is 1. The van der Waals surface area contributed by atoms with Crippen molar-refractivity contribution in [1.82, 2.24) is 20.9 Å². The molecular weight excluding hydrogens is 438 g/mol. The van der Waals surface area contributed by atoms with E-state index in [0.29, 0.717) is 0 Å². The summed E-state index contributed by atoms with van der Waals surface area (Å²) in [6.07, 6.45) is 0.707. The zero-order chi connectivity index (χ0) is 25.0. The molecule has 5 unspecified atom stereocenters. The van der Waals surface area contributed by atoms with E-state index in [1.807, 2.05) is 38.1 Å². The summed E-state index contributed by atoms with van der Waals surface area (Å²) in [6.45, 7) is 3.75. The Balaban J connectivity index is 1.75. The number of rotatable bonds is 9. The Bertz CT molecular complexity index is 1080. The maximum Gasteiger partial charge on any atom is 0.247 e. The molecule has 1 aliphatic rings. The number of amides is 3. The summed E-state index contributed by atoms with van der Waals surface area (Å²) >= 11 is 0. The van der Waals surface area contributed by atoms with Gasteiger partial charge in [-0.3, -0.25) is 14.4 Å². The Morgan fingerprint density at radius 3 is 2.56 bits per heavy atom. The number of aliphatic hydroxyl groups is 2. The molecule has 0 bridgehead atoms. The highest BCUT2D eigenvalue weighted by Crippen LogP contribution is 2.22. The van der Waals surface area contributed by atoms with Gasteiger partial charge in [0.15, 0.2) is 0 Å². The van der Waals surface area contributed by atoms with E-state index in [1.54, 1.807) is 13.2 Å². The molecule has 0 saturated heterocycles. The van der Waals surface area contributed by atoms with Crippen LogP contribution < -0.4 is 21.7 Å². The third-order valence-electron chi connectivity index (χ3n) is 6.18. The van der Waals surface area contributed by atoms with E-state index in [9.17, 15) is 24.6 Å². The average Bonchev–Trinajstić information content (AvgIpc) is 3.19. The number of hydrogen-bond donors (Lipinski definition) is 7. The molecule has 0 fully saturated rings. The number of aliphatic hydroxyl groups excluding tert-OH is 2. The van der Waals surface area contributed by atoms with E-state index in [1.165, 1.54) is 6.08 Å². The van der Waals surface area contributed by atoms with Crippen LogP contribution in [-0.2, 0) is 20.8 Å². The normalized spacial score (nSPS) is 22.2. The number of primary amides is 1. The molecule has 0 aliphatic heterocycles. The average molecular weight is 472 g/mol. The van der Waals surface area contributed by atoms with Crippen LogP contribution in [0, 0.1) is 5.92 Å². The predicted octanol–water partition coefficient (Wildman–Crippen LogP) is -0.539. The number of nitrogens with one attached hydrogen (secondary N) is 4. The minimum absolute atomic E-state index is 0.0109. The van der Waals surface area contributed by atoms with E-state index in [2.05, 4.69) is 20.9 Å². The molecule has 0 radical (unpaired) electrons. The first-order valence-corrected chi connectivity index (χ1v) is 11.3. The second-order valence-corrected chi connectivity index (χ2v) is 8.99. The second-order valence-electron chi connectivity index (χ2n) is 8.99. The number of hydrogen-bond acceptors (Lipinski definition) is 6. The second kappa shape index (κ2) is 10.8. The summed E-state index contributed by atoms with van der Waals surface area (Å²) < 4.78 is 0. The summed E-state index contributed by atoms with van der Waals surface area (Å²) in [5.41, 5.74) is 7.44. The molecule has 2 aromatic rings. The molecule has 3 amide bonds.